The highest BCUT2D eigenvalue weighted by Gasteiger charge is 2.30. The van der Waals surface area contributed by atoms with Gasteiger partial charge >= 0.3 is 5.97 Å². The molecule has 164 valence electrons. The van der Waals surface area contributed by atoms with Crippen LogP contribution in [0.1, 0.15) is 69.4 Å². The smallest absolute Gasteiger partial charge is 0.316 e. The molecule has 1 unspecified atom stereocenters. The van der Waals surface area contributed by atoms with Gasteiger partial charge in [0.15, 0.2) is 5.16 Å². The first-order valence-corrected chi connectivity index (χ1v) is 12.8. The van der Waals surface area contributed by atoms with Crippen LogP contribution in [0, 0.1) is 5.92 Å². The highest BCUT2D eigenvalue weighted by atomic mass is 32.2. The fraction of sp³-hybridized carbons (Fsp3) is 0.682. The summed E-state index contributed by atoms with van der Waals surface area (Å²) < 4.78 is 13.0. The molecule has 1 aliphatic carbocycles. The van der Waals surface area contributed by atoms with E-state index in [1.165, 1.54) is 18.2 Å². The number of fused-ring (bicyclic) bond motifs is 3. The van der Waals surface area contributed by atoms with Crippen LogP contribution in [-0.4, -0.2) is 34.0 Å². The van der Waals surface area contributed by atoms with E-state index in [9.17, 15) is 9.59 Å². The molecule has 3 heterocycles. The Morgan fingerprint density at radius 2 is 2.10 bits per heavy atom. The van der Waals surface area contributed by atoms with Crippen LogP contribution in [0.5, 0.6) is 0 Å². The van der Waals surface area contributed by atoms with E-state index in [2.05, 4.69) is 13.8 Å². The summed E-state index contributed by atoms with van der Waals surface area (Å²) in [6, 6.07) is 0.157. The molecule has 1 aliphatic heterocycles. The summed E-state index contributed by atoms with van der Waals surface area (Å²) in [6.07, 6.45) is 6.35. The topological polar surface area (TPSA) is 70.4 Å². The van der Waals surface area contributed by atoms with Crippen LogP contribution in [0.25, 0.3) is 10.2 Å². The van der Waals surface area contributed by atoms with Crippen LogP contribution in [0.4, 0.5) is 0 Å². The van der Waals surface area contributed by atoms with Crippen molar-refractivity contribution in [3.8, 4) is 0 Å². The number of esters is 1. The van der Waals surface area contributed by atoms with E-state index in [-0.39, 0.29) is 29.4 Å². The summed E-state index contributed by atoms with van der Waals surface area (Å²) in [5.41, 5.74) is 1.18. The Balaban J connectivity index is 1.78. The van der Waals surface area contributed by atoms with E-state index >= 15 is 0 Å². The highest BCUT2D eigenvalue weighted by Crippen LogP contribution is 2.37. The van der Waals surface area contributed by atoms with Crippen molar-refractivity contribution >= 4 is 39.3 Å². The molecule has 2 aromatic heterocycles. The predicted molar refractivity (Wildman–Crippen MR) is 120 cm³/mol. The number of hydrogen-bond acceptors (Lipinski definition) is 7. The summed E-state index contributed by atoms with van der Waals surface area (Å²) in [7, 11) is 0. The number of carbonyl (C=O) groups excluding carboxylic acids is 1. The molecular weight excluding hydrogens is 420 g/mol. The van der Waals surface area contributed by atoms with Gasteiger partial charge in [-0.2, -0.15) is 0 Å². The van der Waals surface area contributed by atoms with Crippen molar-refractivity contribution in [2.45, 2.75) is 83.2 Å². The first-order valence-electron chi connectivity index (χ1n) is 11.0. The maximum Gasteiger partial charge on any atom is 0.316 e. The van der Waals surface area contributed by atoms with Gasteiger partial charge in [0.2, 0.25) is 0 Å². The second-order valence-electron chi connectivity index (χ2n) is 8.44. The molecule has 1 fully saturated rings. The molecule has 0 aromatic carbocycles. The Labute approximate surface area is 185 Å². The van der Waals surface area contributed by atoms with E-state index < -0.39 is 0 Å². The third-order valence-electron chi connectivity index (χ3n) is 6.05. The lowest BCUT2D eigenvalue weighted by molar-refractivity contribution is -0.139. The second-order valence-corrected chi connectivity index (χ2v) is 10.5. The van der Waals surface area contributed by atoms with E-state index in [1.807, 2.05) is 4.57 Å². The Morgan fingerprint density at radius 1 is 1.33 bits per heavy atom. The molecule has 0 bridgehead atoms. The monoisotopic (exact) mass is 450 g/mol. The van der Waals surface area contributed by atoms with Crippen LogP contribution >= 0.6 is 23.1 Å². The molecule has 0 spiro atoms. The van der Waals surface area contributed by atoms with Crippen LogP contribution in [0.3, 0.4) is 0 Å². The fourth-order valence-electron chi connectivity index (χ4n) is 4.44. The largest absolute Gasteiger partial charge is 0.465 e. The van der Waals surface area contributed by atoms with Gasteiger partial charge in [0.1, 0.15) is 4.83 Å². The number of nitrogens with zero attached hydrogens (tertiary/aromatic N) is 2. The van der Waals surface area contributed by atoms with E-state index in [1.54, 1.807) is 18.3 Å². The summed E-state index contributed by atoms with van der Waals surface area (Å²) in [4.78, 5) is 32.5. The van der Waals surface area contributed by atoms with Gasteiger partial charge in [0.25, 0.3) is 5.56 Å². The molecule has 30 heavy (non-hydrogen) atoms. The molecule has 1 atom stereocenters. The number of thioether (sulfide) groups is 1. The number of carbonyl (C=O) groups is 1. The van der Waals surface area contributed by atoms with Crippen molar-refractivity contribution in [2.24, 2.45) is 5.92 Å². The van der Waals surface area contributed by atoms with Gasteiger partial charge in [-0.15, -0.1) is 11.3 Å². The Kier molecular flexibility index (Phi) is 6.85. The maximum absolute atomic E-state index is 13.8. The Hall–Kier alpha value is -1.38. The number of ether oxygens (including phenoxy) is 2. The minimum absolute atomic E-state index is 0.0557. The molecule has 6 nitrogen and oxygen atoms in total. The minimum atomic E-state index is -0.273. The molecule has 0 N–H and O–H groups in total. The molecule has 2 aliphatic rings. The molecule has 0 saturated heterocycles. The summed E-state index contributed by atoms with van der Waals surface area (Å²) in [6.45, 7) is 7.02. The summed E-state index contributed by atoms with van der Waals surface area (Å²) in [5, 5.41) is 1.42. The first-order chi connectivity index (χ1) is 14.5. The number of thiophene rings is 1. The predicted octanol–water partition coefficient (Wildman–Crippen LogP) is 4.72. The lowest BCUT2D eigenvalue weighted by Crippen LogP contribution is -2.31. The fourth-order valence-corrected chi connectivity index (χ4v) is 6.47. The van der Waals surface area contributed by atoms with Crippen LogP contribution in [-0.2, 0) is 27.3 Å². The number of rotatable bonds is 6. The number of hydrogen-bond donors (Lipinski definition) is 0. The molecule has 0 amide bonds. The Bertz CT molecular complexity index is 976. The molecule has 0 radical (unpaired) electrons. The quantitative estimate of drug-likeness (QED) is 0.360. The Morgan fingerprint density at radius 3 is 2.80 bits per heavy atom. The first kappa shape index (κ1) is 21.8. The SMILES string of the molecule is CCOC(=O)CSc1nc2sc3c(c2c(=O)n1C1CCCCC1)CC(C(C)C)OC3. The van der Waals surface area contributed by atoms with Gasteiger partial charge in [-0.25, -0.2) is 4.98 Å². The van der Waals surface area contributed by atoms with Crippen molar-refractivity contribution in [3.05, 3.63) is 20.8 Å². The zero-order chi connectivity index (χ0) is 21.3. The average Bonchev–Trinajstić information content (AvgIpc) is 3.11. The second kappa shape index (κ2) is 9.40. The molecular formula is C22H30N2O4S2. The number of aromatic nitrogens is 2. The zero-order valence-electron chi connectivity index (χ0n) is 17.9. The van der Waals surface area contributed by atoms with Crippen LogP contribution in [0.15, 0.2) is 9.95 Å². The normalized spacial score (nSPS) is 19.9. The zero-order valence-corrected chi connectivity index (χ0v) is 19.6. The van der Waals surface area contributed by atoms with Gasteiger partial charge in [-0.3, -0.25) is 14.2 Å². The van der Waals surface area contributed by atoms with Crippen molar-refractivity contribution in [2.75, 3.05) is 12.4 Å². The van der Waals surface area contributed by atoms with Gasteiger partial charge in [0.05, 0.1) is 30.5 Å². The van der Waals surface area contributed by atoms with Gasteiger partial charge in [-0.05, 0) is 31.2 Å². The van der Waals surface area contributed by atoms with E-state index in [0.29, 0.717) is 24.3 Å². The highest BCUT2D eigenvalue weighted by molar-refractivity contribution is 7.99. The lowest BCUT2D eigenvalue weighted by Gasteiger charge is -2.27. The van der Waals surface area contributed by atoms with E-state index in [4.69, 9.17) is 14.5 Å². The van der Waals surface area contributed by atoms with Crippen molar-refractivity contribution in [1.82, 2.24) is 9.55 Å². The minimum Gasteiger partial charge on any atom is -0.465 e. The third kappa shape index (κ3) is 4.32. The average molecular weight is 451 g/mol. The van der Waals surface area contributed by atoms with E-state index in [0.717, 1.165) is 52.8 Å². The lowest BCUT2D eigenvalue weighted by atomic mass is 9.94. The van der Waals surface area contributed by atoms with Gasteiger partial charge in [0, 0.05) is 17.3 Å². The van der Waals surface area contributed by atoms with Crippen molar-refractivity contribution in [3.63, 3.8) is 0 Å². The van der Waals surface area contributed by atoms with Crippen LogP contribution in [0.2, 0.25) is 0 Å². The standard InChI is InChI=1S/C22H30N2O4S2/c1-4-27-18(25)12-29-22-23-20-19(21(26)24(22)14-8-6-5-7-9-14)15-10-16(13(2)3)28-11-17(15)30-20/h13-14,16H,4-12H2,1-3H3. The van der Waals surface area contributed by atoms with Gasteiger partial charge < -0.3 is 9.47 Å². The summed E-state index contributed by atoms with van der Waals surface area (Å²) >= 11 is 2.88. The molecule has 2 aromatic rings. The maximum atomic E-state index is 13.8. The van der Waals surface area contributed by atoms with Gasteiger partial charge in [-0.1, -0.05) is 44.9 Å². The van der Waals surface area contributed by atoms with Crippen LogP contribution < -0.4 is 5.56 Å². The molecule has 4 rings (SSSR count). The third-order valence-corrected chi connectivity index (χ3v) is 8.08. The molecule has 8 heteroatoms. The van der Waals surface area contributed by atoms with Crippen molar-refractivity contribution < 1.29 is 14.3 Å². The summed E-state index contributed by atoms with van der Waals surface area (Å²) in [5.74, 6) is 0.300. The molecule has 1 saturated carbocycles. The van der Waals surface area contributed by atoms with Crippen molar-refractivity contribution in [1.29, 1.82) is 0 Å².